The van der Waals surface area contributed by atoms with Gasteiger partial charge in [-0.3, -0.25) is 4.79 Å². The van der Waals surface area contributed by atoms with E-state index in [4.69, 9.17) is 4.74 Å². The minimum atomic E-state index is -0.205. The molecule has 24 heavy (non-hydrogen) atoms. The standard InChI is InChI=1S/C19H18N2O2S/c1-3-23-16-9-5-7-14(11-16)19-21-17(12-24-19)18(22)20-15-8-4-6-13(2)10-15/h4-12H,3H2,1-2H3,(H,20,22). The van der Waals surface area contributed by atoms with Gasteiger partial charge in [-0.25, -0.2) is 4.98 Å². The first-order valence-electron chi connectivity index (χ1n) is 7.72. The Morgan fingerprint density at radius 2 is 2.04 bits per heavy atom. The van der Waals surface area contributed by atoms with E-state index in [0.717, 1.165) is 27.6 Å². The number of anilines is 1. The minimum Gasteiger partial charge on any atom is -0.494 e. The molecule has 4 nitrogen and oxygen atoms in total. The summed E-state index contributed by atoms with van der Waals surface area (Å²) in [4.78, 5) is 16.8. The van der Waals surface area contributed by atoms with Crippen LogP contribution in [-0.2, 0) is 0 Å². The number of carbonyl (C=O) groups excluding carboxylic acids is 1. The Morgan fingerprint density at radius 1 is 1.21 bits per heavy atom. The molecule has 3 rings (SSSR count). The number of aromatic nitrogens is 1. The fourth-order valence-corrected chi connectivity index (χ4v) is 3.11. The number of aryl methyl sites for hydroxylation is 1. The van der Waals surface area contributed by atoms with Crippen molar-refractivity contribution in [3.63, 3.8) is 0 Å². The van der Waals surface area contributed by atoms with Gasteiger partial charge in [0.05, 0.1) is 6.61 Å². The van der Waals surface area contributed by atoms with Gasteiger partial charge in [0.2, 0.25) is 0 Å². The van der Waals surface area contributed by atoms with Gasteiger partial charge in [0.25, 0.3) is 5.91 Å². The number of amides is 1. The lowest BCUT2D eigenvalue weighted by molar-refractivity contribution is 0.102. The zero-order chi connectivity index (χ0) is 16.9. The molecular weight excluding hydrogens is 320 g/mol. The monoisotopic (exact) mass is 338 g/mol. The Balaban J connectivity index is 1.77. The number of benzene rings is 2. The van der Waals surface area contributed by atoms with Crippen LogP contribution in [0.15, 0.2) is 53.9 Å². The molecule has 0 aliphatic carbocycles. The third kappa shape index (κ3) is 3.81. The van der Waals surface area contributed by atoms with Crippen LogP contribution in [0.25, 0.3) is 10.6 Å². The normalized spacial score (nSPS) is 10.4. The smallest absolute Gasteiger partial charge is 0.275 e. The highest BCUT2D eigenvalue weighted by Gasteiger charge is 2.12. The Morgan fingerprint density at radius 3 is 2.83 bits per heavy atom. The number of nitrogens with zero attached hydrogens (tertiary/aromatic N) is 1. The van der Waals surface area contributed by atoms with Gasteiger partial charge in [-0.1, -0.05) is 24.3 Å². The van der Waals surface area contributed by atoms with Crippen LogP contribution in [0, 0.1) is 6.92 Å². The van der Waals surface area contributed by atoms with Crippen LogP contribution in [0.2, 0.25) is 0 Å². The number of rotatable bonds is 5. The van der Waals surface area contributed by atoms with E-state index in [1.54, 1.807) is 5.38 Å². The van der Waals surface area contributed by atoms with E-state index >= 15 is 0 Å². The van der Waals surface area contributed by atoms with Gasteiger partial charge in [-0.15, -0.1) is 11.3 Å². The predicted octanol–water partition coefficient (Wildman–Crippen LogP) is 4.77. The zero-order valence-electron chi connectivity index (χ0n) is 13.6. The molecule has 0 spiro atoms. The highest BCUT2D eigenvalue weighted by atomic mass is 32.1. The van der Waals surface area contributed by atoms with Crippen molar-refractivity contribution in [2.75, 3.05) is 11.9 Å². The molecule has 0 unspecified atom stereocenters. The van der Waals surface area contributed by atoms with Gasteiger partial charge in [-0.05, 0) is 43.7 Å². The van der Waals surface area contributed by atoms with Crippen molar-refractivity contribution in [2.45, 2.75) is 13.8 Å². The molecule has 1 aromatic heterocycles. The maximum Gasteiger partial charge on any atom is 0.275 e. The third-order valence-electron chi connectivity index (χ3n) is 3.40. The van der Waals surface area contributed by atoms with E-state index in [2.05, 4.69) is 10.3 Å². The quantitative estimate of drug-likeness (QED) is 0.729. The van der Waals surface area contributed by atoms with Crippen molar-refractivity contribution in [1.82, 2.24) is 4.98 Å². The molecule has 5 heteroatoms. The summed E-state index contributed by atoms with van der Waals surface area (Å²) in [6.45, 7) is 4.55. The van der Waals surface area contributed by atoms with Gasteiger partial charge in [0, 0.05) is 16.6 Å². The van der Waals surface area contributed by atoms with Crippen LogP contribution in [0.3, 0.4) is 0 Å². The topological polar surface area (TPSA) is 51.2 Å². The molecule has 122 valence electrons. The van der Waals surface area contributed by atoms with E-state index in [1.807, 2.05) is 62.4 Å². The largest absolute Gasteiger partial charge is 0.494 e. The molecule has 1 heterocycles. The van der Waals surface area contributed by atoms with Crippen LogP contribution in [0.4, 0.5) is 5.69 Å². The maximum absolute atomic E-state index is 12.3. The van der Waals surface area contributed by atoms with Crippen molar-refractivity contribution in [2.24, 2.45) is 0 Å². The minimum absolute atomic E-state index is 0.205. The highest BCUT2D eigenvalue weighted by Crippen LogP contribution is 2.27. The van der Waals surface area contributed by atoms with Gasteiger partial charge in [0.15, 0.2) is 0 Å². The molecule has 1 N–H and O–H groups in total. The average Bonchev–Trinajstić information content (AvgIpc) is 3.06. The Bertz CT molecular complexity index is 858. The molecule has 0 atom stereocenters. The summed E-state index contributed by atoms with van der Waals surface area (Å²) >= 11 is 1.44. The molecule has 0 bridgehead atoms. The van der Waals surface area contributed by atoms with Crippen LogP contribution in [-0.4, -0.2) is 17.5 Å². The van der Waals surface area contributed by atoms with Crippen molar-refractivity contribution < 1.29 is 9.53 Å². The van der Waals surface area contributed by atoms with Crippen LogP contribution < -0.4 is 10.1 Å². The molecular formula is C19H18N2O2S. The van der Waals surface area contributed by atoms with Gasteiger partial charge < -0.3 is 10.1 Å². The van der Waals surface area contributed by atoms with Crippen LogP contribution >= 0.6 is 11.3 Å². The lowest BCUT2D eigenvalue weighted by atomic mass is 10.2. The van der Waals surface area contributed by atoms with Gasteiger partial charge >= 0.3 is 0 Å². The number of hydrogen-bond acceptors (Lipinski definition) is 4. The van der Waals surface area contributed by atoms with E-state index in [9.17, 15) is 4.79 Å². The van der Waals surface area contributed by atoms with Crippen molar-refractivity contribution in [3.8, 4) is 16.3 Å². The summed E-state index contributed by atoms with van der Waals surface area (Å²) in [5.41, 5.74) is 3.23. The predicted molar refractivity (Wildman–Crippen MR) is 97.9 cm³/mol. The van der Waals surface area contributed by atoms with Crippen molar-refractivity contribution in [1.29, 1.82) is 0 Å². The Labute approximate surface area is 145 Å². The van der Waals surface area contributed by atoms with Crippen molar-refractivity contribution in [3.05, 3.63) is 65.2 Å². The summed E-state index contributed by atoms with van der Waals surface area (Å²) in [6, 6.07) is 15.4. The summed E-state index contributed by atoms with van der Waals surface area (Å²) in [7, 11) is 0. The molecule has 3 aromatic rings. The second-order valence-corrected chi connectivity index (χ2v) is 6.18. The molecule has 0 fully saturated rings. The second-order valence-electron chi connectivity index (χ2n) is 5.32. The molecule has 0 saturated heterocycles. The number of ether oxygens (including phenoxy) is 1. The Hall–Kier alpha value is -2.66. The summed E-state index contributed by atoms with van der Waals surface area (Å²) in [5, 5.41) is 5.44. The molecule has 2 aromatic carbocycles. The second kappa shape index (κ2) is 7.27. The number of nitrogens with one attached hydrogen (secondary N) is 1. The lowest BCUT2D eigenvalue weighted by Gasteiger charge is -2.04. The highest BCUT2D eigenvalue weighted by molar-refractivity contribution is 7.13. The number of thiazole rings is 1. The van der Waals surface area contributed by atoms with Gasteiger partial charge in [-0.2, -0.15) is 0 Å². The van der Waals surface area contributed by atoms with E-state index in [0.29, 0.717) is 12.3 Å². The fraction of sp³-hybridized carbons (Fsp3) is 0.158. The van der Waals surface area contributed by atoms with E-state index in [1.165, 1.54) is 11.3 Å². The first-order valence-corrected chi connectivity index (χ1v) is 8.60. The molecule has 0 saturated carbocycles. The summed E-state index contributed by atoms with van der Waals surface area (Å²) in [6.07, 6.45) is 0. The summed E-state index contributed by atoms with van der Waals surface area (Å²) in [5.74, 6) is 0.597. The summed E-state index contributed by atoms with van der Waals surface area (Å²) < 4.78 is 5.51. The first-order chi connectivity index (χ1) is 11.7. The average molecular weight is 338 g/mol. The van der Waals surface area contributed by atoms with E-state index in [-0.39, 0.29) is 5.91 Å². The fourth-order valence-electron chi connectivity index (χ4n) is 2.31. The molecule has 0 radical (unpaired) electrons. The zero-order valence-corrected chi connectivity index (χ0v) is 14.4. The van der Waals surface area contributed by atoms with Gasteiger partial charge in [0.1, 0.15) is 16.5 Å². The maximum atomic E-state index is 12.3. The molecule has 1 amide bonds. The number of carbonyl (C=O) groups is 1. The lowest BCUT2D eigenvalue weighted by Crippen LogP contribution is -2.12. The van der Waals surface area contributed by atoms with E-state index < -0.39 is 0 Å². The Kier molecular flexibility index (Phi) is 4.91. The van der Waals surface area contributed by atoms with Crippen LogP contribution in [0.5, 0.6) is 5.75 Å². The number of hydrogen-bond donors (Lipinski definition) is 1. The first kappa shape index (κ1) is 16.2. The SMILES string of the molecule is CCOc1cccc(-c2nc(C(=O)Nc3cccc(C)c3)cs2)c1. The molecule has 0 aliphatic rings. The van der Waals surface area contributed by atoms with Crippen LogP contribution in [0.1, 0.15) is 23.0 Å². The third-order valence-corrected chi connectivity index (χ3v) is 4.30. The van der Waals surface area contributed by atoms with Crippen molar-refractivity contribution >= 4 is 22.9 Å². The molecule has 0 aliphatic heterocycles.